The first kappa shape index (κ1) is 13.0. The molecule has 1 aromatic rings. The van der Waals surface area contributed by atoms with Crippen LogP contribution < -0.4 is 4.90 Å². The Morgan fingerprint density at radius 1 is 1.06 bits per heavy atom. The lowest BCUT2D eigenvalue weighted by Crippen LogP contribution is -2.36. The van der Waals surface area contributed by atoms with Gasteiger partial charge in [0.1, 0.15) is 0 Å². The lowest BCUT2D eigenvalue weighted by molar-refractivity contribution is 0.122. The standard InChI is InChI=1S/C12H17NO.C2H6/c1-2-11-3-5-12(6-4-11)13-7-9-14-10-8-13;1-2/h3-6H,2,7-10H2,1H3;1-2H3. The summed E-state index contributed by atoms with van der Waals surface area (Å²) < 4.78 is 5.32. The highest BCUT2D eigenvalue weighted by molar-refractivity contribution is 5.47. The molecule has 0 aliphatic carbocycles. The predicted octanol–water partition coefficient (Wildman–Crippen LogP) is 3.11. The Labute approximate surface area is 99.2 Å². The zero-order chi connectivity index (χ0) is 11.8. The highest BCUT2D eigenvalue weighted by atomic mass is 16.5. The lowest BCUT2D eigenvalue weighted by atomic mass is 10.1. The Kier molecular flexibility index (Phi) is 5.94. The van der Waals surface area contributed by atoms with Gasteiger partial charge >= 0.3 is 0 Å². The van der Waals surface area contributed by atoms with Gasteiger partial charge in [0.05, 0.1) is 13.2 Å². The number of ether oxygens (including phenoxy) is 1. The fourth-order valence-corrected chi connectivity index (χ4v) is 1.76. The SMILES string of the molecule is CC.CCc1ccc(N2CCOCC2)cc1. The number of benzene rings is 1. The average Bonchev–Trinajstić information content (AvgIpc) is 2.42. The van der Waals surface area contributed by atoms with Crippen LogP contribution in [0.4, 0.5) is 5.69 Å². The maximum absolute atomic E-state index is 5.32. The molecule has 2 rings (SSSR count). The number of hydrogen-bond acceptors (Lipinski definition) is 2. The van der Waals surface area contributed by atoms with Crippen LogP contribution in [0, 0.1) is 0 Å². The number of rotatable bonds is 2. The summed E-state index contributed by atoms with van der Waals surface area (Å²) in [4.78, 5) is 2.38. The van der Waals surface area contributed by atoms with Crippen LogP contribution in [0.3, 0.4) is 0 Å². The van der Waals surface area contributed by atoms with E-state index in [2.05, 4.69) is 36.1 Å². The molecule has 16 heavy (non-hydrogen) atoms. The second kappa shape index (κ2) is 7.29. The maximum Gasteiger partial charge on any atom is 0.0642 e. The van der Waals surface area contributed by atoms with Crippen molar-refractivity contribution in [2.24, 2.45) is 0 Å². The second-order valence-electron chi connectivity index (χ2n) is 3.62. The van der Waals surface area contributed by atoms with Gasteiger partial charge < -0.3 is 9.64 Å². The molecule has 0 atom stereocenters. The highest BCUT2D eigenvalue weighted by Gasteiger charge is 2.10. The highest BCUT2D eigenvalue weighted by Crippen LogP contribution is 2.16. The van der Waals surface area contributed by atoms with E-state index in [1.165, 1.54) is 11.3 Å². The smallest absolute Gasteiger partial charge is 0.0642 e. The second-order valence-corrected chi connectivity index (χ2v) is 3.62. The molecule has 0 bridgehead atoms. The van der Waals surface area contributed by atoms with Gasteiger partial charge in [-0.25, -0.2) is 0 Å². The topological polar surface area (TPSA) is 12.5 Å². The Morgan fingerprint density at radius 2 is 1.62 bits per heavy atom. The van der Waals surface area contributed by atoms with Gasteiger partial charge in [-0.05, 0) is 24.1 Å². The molecule has 1 fully saturated rings. The Morgan fingerprint density at radius 3 is 2.12 bits per heavy atom. The van der Waals surface area contributed by atoms with Gasteiger partial charge in [-0.15, -0.1) is 0 Å². The number of hydrogen-bond donors (Lipinski definition) is 0. The first-order valence-corrected chi connectivity index (χ1v) is 6.32. The van der Waals surface area contributed by atoms with E-state index in [1.807, 2.05) is 13.8 Å². The van der Waals surface area contributed by atoms with Crippen molar-refractivity contribution < 1.29 is 4.74 Å². The zero-order valence-corrected chi connectivity index (χ0v) is 10.7. The Bertz CT molecular complexity index is 275. The molecular formula is C14H23NO. The molecule has 0 unspecified atom stereocenters. The summed E-state index contributed by atoms with van der Waals surface area (Å²) >= 11 is 0. The van der Waals surface area contributed by atoms with E-state index in [0.29, 0.717) is 0 Å². The monoisotopic (exact) mass is 221 g/mol. The predicted molar refractivity (Wildman–Crippen MR) is 70.2 cm³/mol. The Balaban J connectivity index is 0.000000606. The van der Waals surface area contributed by atoms with Crippen LogP contribution in [0.25, 0.3) is 0 Å². The van der Waals surface area contributed by atoms with E-state index in [1.54, 1.807) is 0 Å². The van der Waals surface area contributed by atoms with Crippen molar-refractivity contribution in [3.05, 3.63) is 29.8 Å². The maximum atomic E-state index is 5.32. The van der Waals surface area contributed by atoms with Gasteiger partial charge in [-0.1, -0.05) is 32.9 Å². The molecule has 2 heteroatoms. The van der Waals surface area contributed by atoms with Crippen LogP contribution in [0.2, 0.25) is 0 Å². The molecule has 0 N–H and O–H groups in total. The van der Waals surface area contributed by atoms with E-state index in [9.17, 15) is 0 Å². The third kappa shape index (κ3) is 3.53. The number of anilines is 1. The van der Waals surface area contributed by atoms with Gasteiger partial charge in [0.15, 0.2) is 0 Å². The largest absolute Gasteiger partial charge is 0.378 e. The van der Waals surface area contributed by atoms with E-state index < -0.39 is 0 Å². The van der Waals surface area contributed by atoms with Crippen molar-refractivity contribution in [1.82, 2.24) is 0 Å². The summed E-state index contributed by atoms with van der Waals surface area (Å²) in [5.74, 6) is 0. The van der Waals surface area contributed by atoms with Crippen molar-refractivity contribution in [2.45, 2.75) is 27.2 Å². The summed E-state index contributed by atoms with van der Waals surface area (Å²) in [6.45, 7) is 9.94. The minimum atomic E-state index is 0.857. The van der Waals surface area contributed by atoms with Crippen LogP contribution >= 0.6 is 0 Å². The Hall–Kier alpha value is -1.02. The average molecular weight is 221 g/mol. The number of aryl methyl sites for hydroxylation is 1. The first-order valence-electron chi connectivity index (χ1n) is 6.32. The summed E-state index contributed by atoms with van der Waals surface area (Å²) in [7, 11) is 0. The van der Waals surface area contributed by atoms with E-state index >= 15 is 0 Å². The van der Waals surface area contributed by atoms with Crippen LogP contribution in [-0.4, -0.2) is 26.3 Å². The first-order chi connectivity index (χ1) is 7.90. The molecule has 0 spiro atoms. The van der Waals surface area contributed by atoms with Crippen molar-refractivity contribution in [3.63, 3.8) is 0 Å². The van der Waals surface area contributed by atoms with E-state index in [-0.39, 0.29) is 0 Å². The molecule has 1 aromatic carbocycles. The van der Waals surface area contributed by atoms with Gasteiger partial charge in [0.25, 0.3) is 0 Å². The fourth-order valence-electron chi connectivity index (χ4n) is 1.76. The van der Waals surface area contributed by atoms with Gasteiger partial charge in [0, 0.05) is 18.8 Å². The summed E-state index contributed by atoms with van der Waals surface area (Å²) in [6, 6.07) is 8.85. The van der Waals surface area contributed by atoms with Crippen molar-refractivity contribution >= 4 is 5.69 Å². The quantitative estimate of drug-likeness (QED) is 0.761. The molecule has 0 saturated carbocycles. The minimum Gasteiger partial charge on any atom is -0.378 e. The van der Waals surface area contributed by atoms with E-state index in [4.69, 9.17) is 4.74 Å². The summed E-state index contributed by atoms with van der Waals surface area (Å²) in [5, 5.41) is 0. The molecule has 1 aliphatic rings. The molecule has 0 radical (unpaired) electrons. The zero-order valence-electron chi connectivity index (χ0n) is 10.7. The molecule has 0 amide bonds. The third-order valence-corrected chi connectivity index (χ3v) is 2.72. The minimum absolute atomic E-state index is 0.857. The third-order valence-electron chi connectivity index (χ3n) is 2.72. The van der Waals surface area contributed by atoms with Crippen molar-refractivity contribution in [2.75, 3.05) is 31.2 Å². The fraction of sp³-hybridized carbons (Fsp3) is 0.571. The van der Waals surface area contributed by atoms with Crippen molar-refractivity contribution in [1.29, 1.82) is 0 Å². The van der Waals surface area contributed by atoms with Gasteiger partial charge in [0.2, 0.25) is 0 Å². The summed E-state index contributed by atoms with van der Waals surface area (Å²) in [5.41, 5.74) is 2.73. The molecule has 1 saturated heterocycles. The van der Waals surface area contributed by atoms with Crippen LogP contribution in [0.1, 0.15) is 26.3 Å². The van der Waals surface area contributed by atoms with Gasteiger partial charge in [-0.3, -0.25) is 0 Å². The molecule has 1 aliphatic heterocycles. The van der Waals surface area contributed by atoms with Crippen molar-refractivity contribution in [3.8, 4) is 0 Å². The van der Waals surface area contributed by atoms with Crippen LogP contribution in [0.15, 0.2) is 24.3 Å². The lowest BCUT2D eigenvalue weighted by Gasteiger charge is -2.28. The summed E-state index contributed by atoms with van der Waals surface area (Å²) in [6.07, 6.45) is 1.11. The molecular weight excluding hydrogens is 198 g/mol. The van der Waals surface area contributed by atoms with Crippen LogP contribution in [0.5, 0.6) is 0 Å². The molecule has 0 aromatic heterocycles. The van der Waals surface area contributed by atoms with Gasteiger partial charge in [-0.2, -0.15) is 0 Å². The molecule has 90 valence electrons. The molecule has 2 nitrogen and oxygen atoms in total. The normalized spacial score (nSPS) is 15.3. The van der Waals surface area contributed by atoms with E-state index in [0.717, 1.165) is 32.7 Å². The number of morpholine rings is 1. The number of nitrogens with zero attached hydrogens (tertiary/aromatic N) is 1. The molecule has 1 heterocycles. The van der Waals surface area contributed by atoms with Crippen LogP contribution in [-0.2, 0) is 11.2 Å².